The van der Waals surface area contributed by atoms with Gasteiger partial charge in [-0.25, -0.2) is 4.79 Å². The first-order valence-electron chi connectivity index (χ1n) is 12.5. The van der Waals surface area contributed by atoms with Crippen LogP contribution in [0.3, 0.4) is 0 Å². The summed E-state index contributed by atoms with van der Waals surface area (Å²) >= 11 is 1.20. The summed E-state index contributed by atoms with van der Waals surface area (Å²) in [6.45, 7) is 9.50. The number of carbonyl (C=O) groups excluding carboxylic acids is 1. The van der Waals surface area contributed by atoms with Crippen LogP contribution in [0.15, 0.2) is 6.08 Å². The van der Waals surface area contributed by atoms with Gasteiger partial charge in [0.15, 0.2) is 0 Å². The van der Waals surface area contributed by atoms with Crippen LogP contribution in [0.25, 0.3) is 5.57 Å². The fourth-order valence-corrected chi connectivity index (χ4v) is 4.74. The molecule has 1 aromatic rings. The summed E-state index contributed by atoms with van der Waals surface area (Å²) in [5, 5.41) is 2.92. The zero-order chi connectivity index (χ0) is 23.2. The highest BCUT2D eigenvalue weighted by molar-refractivity contribution is 6.99. The van der Waals surface area contributed by atoms with Gasteiger partial charge in [-0.3, -0.25) is 4.48 Å². The van der Waals surface area contributed by atoms with Crippen LogP contribution >= 0.6 is 11.7 Å². The number of carbonyl (C=O) groups is 1. The Labute approximate surface area is 198 Å². The summed E-state index contributed by atoms with van der Waals surface area (Å²) in [4.78, 5) is 12.4. The first kappa shape index (κ1) is 26.6. The van der Waals surface area contributed by atoms with Crippen LogP contribution in [0, 0.1) is 0 Å². The van der Waals surface area contributed by atoms with Gasteiger partial charge in [-0.15, -0.1) is 4.37 Å². The summed E-state index contributed by atoms with van der Waals surface area (Å²) in [6, 6.07) is 0. The Balaban J connectivity index is 1.92. The summed E-state index contributed by atoms with van der Waals surface area (Å²) < 4.78 is 21.4. The molecule has 0 aliphatic carbocycles. The van der Waals surface area contributed by atoms with E-state index in [1.54, 1.807) is 0 Å². The largest absolute Gasteiger partial charge is 0.475 e. The number of ether oxygens (including phenoxy) is 2. The zero-order valence-electron chi connectivity index (χ0n) is 20.5. The van der Waals surface area contributed by atoms with Gasteiger partial charge in [0.2, 0.25) is 6.23 Å². The highest BCUT2D eigenvalue weighted by atomic mass is 32.1. The molecule has 2 atom stereocenters. The molecule has 2 heterocycles. The van der Waals surface area contributed by atoms with Crippen molar-refractivity contribution >= 4 is 23.4 Å². The van der Waals surface area contributed by atoms with Crippen LogP contribution in [0.5, 0.6) is 5.88 Å². The molecule has 0 aromatic carbocycles. The molecule has 0 spiro atoms. The predicted octanol–water partition coefficient (Wildman–Crippen LogP) is 5.77. The number of rotatable bonds is 15. The van der Waals surface area contributed by atoms with E-state index in [0.29, 0.717) is 23.5 Å². The molecule has 8 heteroatoms. The van der Waals surface area contributed by atoms with Crippen LogP contribution in [0.1, 0.15) is 90.7 Å². The topological polar surface area (TPSA) is 73.3 Å². The number of hydrogen-bond acceptors (Lipinski definition) is 6. The smallest absolute Gasteiger partial charge is 0.411 e. The molecular formula is C24H43N4O3S+. The zero-order valence-corrected chi connectivity index (χ0v) is 21.3. The summed E-state index contributed by atoms with van der Waals surface area (Å²) in [5.41, 5.74) is 1.99. The van der Waals surface area contributed by atoms with Crippen LogP contribution in [-0.4, -0.2) is 58.8 Å². The highest BCUT2D eigenvalue weighted by Crippen LogP contribution is 2.32. The van der Waals surface area contributed by atoms with Crippen molar-refractivity contribution in [1.82, 2.24) is 14.1 Å². The van der Waals surface area contributed by atoms with Gasteiger partial charge >= 0.3 is 6.09 Å². The van der Waals surface area contributed by atoms with Gasteiger partial charge in [-0.1, -0.05) is 65.4 Å². The molecule has 0 saturated carbocycles. The normalized spacial score (nSPS) is 19.3. The molecule has 0 radical (unpaired) electrons. The van der Waals surface area contributed by atoms with Crippen LogP contribution in [-0.2, 0) is 4.74 Å². The maximum Gasteiger partial charge on any atom is 0.411 e. The van der Waals surface area contributed by atoms with Gasteiger partial charge in [0.25, 0.3) is 5.88 Å². The number of nitrogens with zero attached hydrogens (tertiary/aromatic N) is 3. The Morgan fingerprint density at radius 3 is 2.59 bits per heavy atom. The van der Waals surface area contributed by atoms with Gasteiger partial charge in [0, 0.05) is 25.0 Å². The summed E-state index contributed by atoms with van der Waals surface area (Å²) in [6.07, 6.45) is 12.6. The summed E-state index contributed by atoms with van der Waals surface area (Å²) in [5.74, 6) is 0.644. The molecule has 7 nitrogen and oxygen atoms in total. The average Bonchev–Trinajstić information content (AvgIpc) is 3.25. The molecule has 32 heavy (non-hydrogen) atoms. The lowest BCUT2D eigenvalue weighted by Crippen LogP contribution is -2.57. The standard InChI is InChI=1S/C24H42N4O3S/c1-5-8-10-12-16-25-24(29)31-21(7-3)28(4)17-14-15-20(19-28)22-23(27-32-26-22)30-18-13-11-9-6-2/h15,21H,5-14,16-19H2,1-4H3/p+1. The van der Waals surface area contributed by atoms with Gasteiger partial charge in [-0.05, 0) is 12.8 Å². The van der Waals surface area contributed by atoms with Crippen molar-refractivity contribution in [1.29, 1.82) is 0 Å². The van der Waals surface area contributed by atoms with Crippen molar-refractivity contribution in [2.75, 3.05) is 33.3 Å². The molecule has 1 amide bonds. The van der Waals surface area contributed by atoms with Gasteiger partial charge < -0.3 is 14.8 Å². The molecule has 1 aliphatic heterocycles. The molecular weight excluding hydrogens is 424 g/mol. The maximum atomic E-state index is 12.4. The number of amides is 1. The minimum absolute atomic E-state index is 0.195. The van der Waals surface area contributed by atoms with Gasteiger partial charge in [0.05, 0.1) is 31.9 Å². The first-order valence-corrected chi connectivity index (χ1v) is 13.2. The number of hydrogen-bond donors (Lipinski definition) is 1. The van der Waals surface area contributed by atoms with E-state index in [1.165, 1.54) is 43.8 Å². The van der Waals surface area contributed by atoms with Crippen LogP contribution in [0.2, 0.25) is 0 Å². The Morgan fingerprint density at radius 2 is 1.88 bits per heavy atom. The van der Waals surface area contributed by atoms with E-state index in [4.69, 9.17) is 9.47 Å². The third kappa shape index (κ3) is 8.35. The molecule has 0 bridgehead atoms. The minimum atomic E-state index is -0.310. The molecule has 1 N–H and O–H groups in total. The molecule has 2 unspecified atom stereocenters. The van der Waals surface area contributed by atoms with E-state index in [-0.39, 0.29) is 12.3 Å². The molecule has 2 rings (SSSR count). The van der Waals surface area contributed by atoms with Crippen LogP contribution in [0.4, 0.5) is 4.79 Å². The fourth-order valence-electron chi connectivity index (χ4n) is 4.21. The Kier molecular flexibility index (Phi) is 12.0. The number of alkyl carbamates (subject to hydrolysis) is 1. The molecule has 1 aliphatic rings. The molecule has 1 aromatic heterocycles. The number of quaternary nitrogens is 1. The van der Waals surface area contributed by atoms with Crippen molar-refractivity contribution in [3.8, 4) is 5.88 Å². The third-order valence-electron chi connectivity index (χ3n) is 6.15. The number of likely N-dealkylation sites (N-methyl/N-ethyl adjacent to an activating group) is 1. The second-order valence-corrected chi connectivity index (χ2v) is 9.49. The van der Waals surface area contributed by atoms with E-state index in [9.17, 15) is 4.79 Å². The fraction of sp³-hybridized carbons (Fsp3) is 0.792. The Morgan fingerprint density at radius 1 is 1.12 bits per heavy atom. The molecule has 0 fully saturated rings. The number of aromatic nitrogens is 2. The average molecular weight is 468 g/mol. The SMILES string of the molecule is CCCCCCNC(=O)OC(CC)[N+]1(C)CCC=C(c2nsnc2OCCCCCC)C1. The van der Waals surface area contributed by atoms with E-state index in [2.05, 4.69) is 48.0 Å². The minimum Gasteiger partial charge on any atom is -0.475 e. The second kappa shape index (κ2) is 14.5. The van der Waals surface area contributed by atoms with E-state index in [0.717, 1.165) is 56.5 Å². The first-order chi connectivity index (χ1) is 15.5. The lowest BCUT2D eigenvalue weighted by Gasteiger charge is -2.42. The monoisotopic (exact) mass is 467 g/mol. The molecule has 0 saturated heterocycles. The van der Waals surface area contributed by atoms with E-state index < -0.39 is 0 Å². The quantitative estimate of drug-likeness (QED) is 0.262. The predicted molar refractivity (Wildman–Crippen MR) is 131 cm³/mol. The number of nitrogens with one attached hydrogen (secondary N) is 1. The lowest BCUT2D eigenvalue weighted by atomic mass is 10.0. The van der Waals surface area contributed by atoms with Crippen molar-refractivity contribution in [3.63, 3.8) is 0 Å². The third-order valence-corrected chi connectivity index (χ3v) is 6.66. The van der Waals surface area contributed by atoms with Gasteiger partial charge in [-0.2, -0.15) is 4.37 Å². The van der Waals surface area contributed by atoms with Crippen molar-refractivity contribution in [3.05, 3.63) is 11.8 Å². The second-order valence-electron chi connectivity index (χ2n) is 8.96. The Bertz CT molecular complexity index is 709. The maximum absolute atomic E-state index is 12.4. The lowest BCUT2D eigenvalue weighted by molar-refractivity contribution is -0.946. The number of unbranched alkanes of at least 4 members (excludes halogenated alkanes) is 6. The molecule has 182 valence electrons. The van der Waals surface area contributed by atoms with Crippen molar-refractivity contribution in [2.24, 2.45) is 0 Å². The van der Waals surface area contributed by atoms with Crippen molar-refractivity contribution in [2.45, 2.75) is 91.2 Å². The van der Waals surface area contributed by atoms with E-state index >= 15 is 0 Å². The van der Waals surface area contributed by atoms with Gasteiger partial charge in [0.1, 0.15) is 12.2 Å². The summed E-state index contributed by atoms with van der Waals surface area (Å²) in [7, 11) is 2.17. The van der Waals surface area contributed by atoms with Crippen LogP contribution < -0.4 is 10.1 Å². The van der Waals surface area contributed by atoms with E-state index in [1.807, 2.05) is 0 Å². The highest BCUT2D eigenvalue weighted by Gasteiger charge is 2.38. The Hall–Kier alpha value is -1.67. The van der Waals surface area contributed by atoms with Crippen molar-refractivity contribution < 1.29 is 18.8 Å².